The van der Waals surface area contributed by atoms with Crippen LogP contribution in [0.3, 0.4) is 0 Å². The minimum Gasteiger partial charge on any atom is -0.507 e. The number of aliphatic hydroxyl groups excluding tert-OH is 1. The molecule has 1 amide bonds. The summed E-state index contributed by atoms with van der Waals surface area (Å²) in [6.07, 6.45) is 3.09. The Morgan fingerprint density at radius 2 is 1.77 bits per heavy atom. The number of likely N-dealkylation sites (tertiary alicyclic amines) is 1. The second kappa shape index (κ2) is 8.15. The number of hydrogen-bond donors (Lipinski definition) is 1. The Labute approximate surface area is 176 Å². The first-order chi connectivity index (χ1) is 15.0. The third-order valence-corrected chi connectivity index (χ3v) is 4.90. The highest BCUT2D eigenvalue weighted by Gasteiger charge is 2.46. The molecule has 1 fully saturated rings. The van der Waals surface area contributed by atoms with Crippen LogP contribution < -0.4 is 0 Å². The highest BCUT2D eigenvalue weighted by atomic mass is 16.6. The molecule has 0 spiro atoms. The molecule has 9 heteroatoms. The van der Waals surface area contributed by atoms with E-state index in [1.54, 1.807) is 42.6 Å². The van der Waals surface area contributed by atoms with Gasteiger partial charge in [-0.2, -0.15) is 0 Å². The third kappa shape index (κ3) is 3.76. The molecule has 1 N–H and O–H groups in total. The van der Waals surface area contributed by atoms with Crippen molar-refractivity contribution in [2.24, 2.45) is 0 Å². The van der Waals surface area contributed by atoms with Crippen molar-refractivity contribution in [1.29, 1.82) is 0 Å². The van der Waals surface area contributed by atoms with Crippen molar-refractivity contribution in [3.63, 3.8) is 0 Å². The number of hydrogen-bond acceptors (Lipinski definition) is 7. The van der Waals surface area contributed by atoms with Crippen molar-refractivity contribution >= 4 is 23.1 Å². The van der Waals surface area contributed by atoms with Crippen molar-refractivity contribution in [2.75, 3.05) is 0 Å². The molecule has 154 valence electrons. The van der Waals surface area contributed by atoms with Gasteiger partial charge in [0.05, 0.1) is 28.4 Å². The average molecular weight is 416 g/mol. The van der Waals surface area contributed by atoms with Gasteiger partial charge in [-0.1, -0.05) is 24.3 Å². The van der Waals surface area contributed by atoms with E-state index in [1.807, 2.05) is 0 Å². The monoisotopic (exact) mass is 416 g/mol. The molecule has 2 aromatic heterocycles. The lowest BCUT2D eigenvalue weighted by Crippen LogP contribution is -2.29. The van der Waals surface area contributed by atoms with Crippen LogP contribution in [0.1, 0.15) is 23.0 Å². The normalized spacial score (nSPS) is 17.7. The number of aliphatic hydroxyl groups is 1. The minimum atomic E-state index is -0.970. The highest BCUT2D eigenvalue weighted by Crippen LogP contribution is 2.39. The minimum absolute atomic E-state index is 0.0262. The predicted octanol–water partition coefficient (Wildman–Crippen LogP) is 3.01. The van der Waals surface area contributed by atoms with Crippen LogP contribution in [-0.2, 0) is 16.1 Å². The first-order valence-corrected chi connectivity index (χ1v) is 9.31. The van der Waals surface area contributed by atoms with Crippen molar-refractivity contribution < 1.29 is 19.6 Å². The van der Waals surface area contributed by atoms with Crippen LogP contribution in [-0.4, -0.2) is 36.6 Å². The van der Waals surface area contributed by atoms with Gasteiger partial charge in [0.15, 0.2) is 0 Å². The summed E-state index contributed by atoms with van der Waals surface area (Å²) < 4.78 is 0. The van der Waals surface area contributed by atoms with Gasteiger partial charge in [0.25, 0.3) is 17.4 Å². The number of Topliss-reactive ketones (excluding diaryl/α,β-unsaturated/α-hetero) is 1. The van der Waals surface area contributed by atoms with Crippen molar-refractivity contribution in [3.8, 4) is 0 Å². The molecule has 3 aromatic rings. The van der Waals surface area contributed by atoms with Crippen LogP contribution in [0.15, 0.2) is 78.6 Å². The number of nitrogens with zero attached hydrogens (tertiary/aromatic N) is 4. The van der Waals surface area contributed by atoms with Gasteiger partial charge >= 0.3 is 0 Å². The number of carbonyl (C=O) groups is 2. The second-order valence-corrected chi connectivity index (χ2v) is 6.81. The molecule has 3 heterocycles. The Hall–Kier alpha value is -4.40. The molecule has 1 aromatic carbocycles. The smallest absolute Gasteiger partial charge is 0.296 e. The number of nitro groups is 1. The Bertz CT molecular complexity index is 1190. The number of non-ortho nitro benzene ring substituents is 1. The van der Waals surface area contributed by atoms with E-state index in [4.69, 9.17) is 0 Å². The van der Waals surface area contributed by atoms with E-state index in [0.29, 0.717) is 11.4 Å². The zero-order valence-corrected chi connectivity index (χ0v) is 16.1. The van der Waals surface area contributed by atoms with Crippen LogP contribution >= 0.6 is 0 Å². The van der Waals surface area contributed by atoms with Gasteiger partial charge in [-0.25, -0.2) is 0 Å². The first kappa shape index (κ1) is 19.9. The van der Waals surface area contributed by atoms with Gasteiger partial charge in [-0.3, -0.25) is 29.7 Å². The van der Waals surface area contributed by atoms with E-state index in [1.165, 1.54) is 29.3 Å². The molecule has 1 atom stereocenters. The topological polar surface area (TPSA) is 127 Å². The van der Waals surface area contributed by atoms with Crippen molar-refractivity contribution in [3.05, 3.63) is 106 Å². The van der Waals surface area contributed by atoms with Crippen molar-refractivity contribution in [2.45, 2.75) is 12.6 Å². The van der Waals surface area contributed by atoms with Gasteiger partial charge < -0.3 is 10.0 Å². The maximum Gasteiger partial charge on any atom is 0.296 e. The largest absolute Gasteiger partial charge is 0.507 e. The van der Waals surface area contributed by atoms with Crippen LogP contribution in [0.25, 0.3) is 5.76 Å². The Balaban J connectivity index is 1.86. The van der Waals surface area contributed by atoms with Crippen LogP contribution in [0.2, 0.25) is 0 Å². The standard InChI is InChI=1S/C22H16N4O5/c27-20(14-6-5-8-16(12-14)26(30)31)18-19(17-9-2-4-11-24-17)25(22(29)21(18)28)13-15-7-1-3-10-23-15/h1-12,19,27H,13H2/b20-18-. The van der Waals surface area contributed by atoms with Crippen LogP contribution in [0, 0.1) is 10.1 Å². The zero-order valence-electron chi connectivity index (χ0n) is 16.1. The van der Waals surface area contributed by atoms with Gasteiger partial charge in [0.2, 0.25) is 0 Å². The predicted molar refractivity (Wildman–Crippen MR) is 109 cm³/mol. The number of amides is 1. The summed E-state index contributed by atoms with van der Waals surface area (Å²) >= 11 is 0. The fourth-order valence-electron chi connectivity index (χ4n) is 3.48. The number of benzene rings is 1. The number of carbonyl (C=O) groups excluding carboxylic acids is 2. The van der Waals surface area contributed by atoms with Crippen molar-refractivity contribution in [1.82, 2.24) is 14.9 Å². The molecule has 0 aliphatic carbocycles. The Kier molecular flexibility index (Phi) is 5.23. The van der Waals surface area contributed by atoms with E-state index >= 15 is 0 Å². The first-order valence-electron chi connectivity index (χ1n) is 9.31. The van der Waals surface area contributed by atoms with Crippen LogP contribution in [0.5, 0.6) is 0 Å². The maximum absolute atomic E-state index is 12.9. The van der Waals surface area contributed by atoms with Gasteiger partial charge in [-0.15, -0.1) is 0 Å². The molecule has 0 bridgehead atoms. The number of ketones is 1. The molecule has 9 nitrogen and oxygen atoms in total. The highest BCUT2D eigenvalue weighted by molar-refractivity contribution is 6.46. The molecule has 31 heavy (non-hydrogen) atoms. The van der Waals surface area contributed by atoms with E-state index in [2.05, 4.69) is 9.97 Å². The van der Waals surface area contributed by atoms with Gasteiger partial charge in [0.1, 0.15) is 11.8 Å². The fraction of sp³-hybridized carbons (Fsp3) is 0.0909. The average Bonchev–Trinajstić information content (AvgIpc) is 3.05. The van der Waals surface area contributed by atoms with Gasteiger partial charge in [0, 0.05) is 30.1 Å². The zero-order chi connectivity index (χ0) is 22.0. The summed E-state index contributed by atoms with van der Waals surface area (Å²) in [5, 5.41) is 22.1. The second-order valence-electron chi connectivity index (χ2n) is 6.81. The molecular weight excluding hydrogens is 400 g/mol. The molecule has 4 rings (SSSR count). The molecule has 0 radical (unpaired) electrons. The summed E-state index contributed by atoms with van der Waals surface area (Å²) in [7, 11) is 0. The lowest BCUT2D eigenvalue weighted by Gasteiger charge is -2.24. The molecule has 1 unspecified atom stereocenters. The number of aromatic nitrogens is 2. The number of pyridine rings is 2. The van der Waals surface area contributed by atoms with E-state index in [9.17, 15) is 24.8 Å². The molecule has 1 saturated heterocycles. The Morgan fingerprint density at radius 3 is 2.42 bits per heavy atom. The summed E-state index contributed by atoms with van der Waals surface area (Å²) in [6.45, 7) is 0.0262. The summed E-state index contributed by atoms with van der Waals surface area (Å²) in [4.78, 5) is 46.1. The number of nitro benzene ring substituents is 1. The molecule has 0 saturated carbocycles. The van der Waals surface area contributed by atoms with Gasteiger partial charge in [-0.05, 0) is 24.3 Å². The molecule has 1 aliphatic heterocycles. The summed E-state index contributed by atoms with van der Waals surface area (Å²) in [5.74, 6) is -2.20. The quantitative estimate of drug-likeness (QED) is 0.223. The summed E-state index contributed by atoms with van der Waals surface area (Å²) in [6, 6.07) is 14.5. The van der Waals surface area contributed by atoms with E-state index in [0.717, 1.165) is 6.07 Å². The fourth-order valence-corrected chi connectivity index (χ4v) is 3.48. The van der Waals surface area contributed by atoms with E-state index < -0.39 is 28.4 Å². The lowest BCUT2D eigenvalue weighted by molar-refractivity contribution is -0.384. The SMILES string of the molecule is O=C1C(=O)N(Cc2ccccn2)C(c2ccccn2)/C1=C(/O)c1cccc([N+](=O)[O-])c1. The van der Waals surface area contributed by atoms with Crippen LogP contribution in [0.4, 0.5) is 5.69 Å². The molecular formula is C22H16N4O5. The lowest BCUT2D eigenvalue weighted by atomic mass is 9.98. The molecule has 1 aliphatic rings. The Morgan fingerprint density at radius 1 is 1.03 bits per heavy atom. The maximum atomic E-state index is 12.9. The van der Waals surface area contributed by atoms with E-state index in [-0.39, 0.29) is 23.4 Å². The third-order valence-electron chi connectivity index (χ3n) is 4.90. The number of rotatable bonds is 5. The summed E-state index contributed by atoms with van der Waals surface area (Å²) in [5.41, 5.74) is 0.567.